The Balaban J connectivity index is 0.00000208. The minimum atomic E-state index is -0.121. The number of nitrogens with two attached hydrogens (primary N) is 1. The van der Waals surface area contributed by atoms with Gasteiger partial charge in [0, 0.05) is 30.6 Å². The van der Waals surface area contributed by atoms with Crippen molar-refractivity contribution in [2.45, 2.75) is 18.9 Å². The van der Waals surface area contributed by atoms with Crippen molar-refractivity contribution in [3.8, 4) is 0 Å². The average Bonchev–Trinajstić information content (AvgIpc) is 2.97. The van der Waals surface area contributed by atoms with Crippen LogP contribution in [0.5, 0.6) is 0 Å². The standard InChI is InChI=1S/C19H20N2O2.ClH/c1-13(22)15-9-5-6-10-16(15)19(23)21-11-17(18(20)12-21)14-7-3-2-4-8-14;/h2-10,17-18H,11-12,20H2,1H3;1H/t17-,18+;/m0./s1. The van der Waals surface area contributed by atoms with Crippen LogP contribution in [-0.4, -0.2) is 35.7 Å². The third-order valence-electron chi connectivity index (χ3n) is 4.42. The average molecular weight is 345 g/mol. The molecule has 1 heterocycles. The summed E-state index contributed by atoms with van der Waals surface area (Å²) in [5.41, 5.74) is 8.33. The molecule has 1 aliphatic heterocycles. The first-order valence-corrected chi connectivity index (χ1v) is 7.77. The van der Waals surface area contributed by atoms with Crippen LogP contribution in [0.4, 0.5) is 0 Å². The molecule has 1 aliphatic rings. The molecule has 1 amide bonds. The van der Waals surface area contributed by atoms with Crippen molar-refractivity contribution in [3.63, 3.8) is 0 Å². The van der Waals surface area contributed by atoms with Gasteiger partial charge in [-0.15, -0.1) is 12.4 Å². The highest BCUT2D eigenvalue weighted by atomic mass is 35.5. The van der Waals surface area contributed by atoms with Gasteiger partial charge in [0.1, 0.15) is 0 Å². The zero-order chi connectivity index (χ0) is 16.4. The van der Waals surface area contributed by atoms with E-state index in [0.29, 0.717) is 24.2 Å². The van der Waals surface area contributed by atoms with Gasteiger partial charge in [0.05, 0.1) is 5.56 Å². The molecule has 2 aromatic rings. The lowest BCUT2D eigenvalue weighted by Crippen LogP contribution is -2.32. The Kier molecular flexibility index (Phi) is 5.75. The number of halogens is 1. The molecule has 0 unspecified atom stereocenters. The van der Waals surface area contributed by atoms with Gasteiger partial charge in [-0.2, -0.15) is 0 Å². The summed E-state index contributed by atoms with van der Waals surface area (Å²) in [5.74, 6) is -0.0913. The second-order valence-corrected chi connectivity index (χ2v) is 5.99. The van der Waals surface area contributed by atoms with E-state index >= 15 is 0 Å². The first-order chi connectivity index (χ1) is 11.1. The van der Waals surface area contributed by atoms with Gasteiger partial charge in [0.2, 0.25) is 0 Å². The number of hydrogen-bond donors (Lipinski definition) is 1. The fraction of sp³-hybridized carbons (Fsp3) is 0.263. The number of ketones is 1. The molecular formula is C19H21ClN2O2. The van der Waals surface area contributed by atoms with Crippen LogP contribution in [0.3, 0.4) is 0 Å². The van der Waals surface area contributed by atoms with E-state index in [4.69, 9.17) is 5.73 Å². The minimum Gasteiger partial charge on any atom is -0.336 e. The van der Waals surface area contributed by atoms with Crippen LogP contribution in [0.15, 0.2) is 54.6 Å². The van der Waals surface area contributed by atoms with Crippen LogP contribution >= 0.6 is 12.4 Å². The molecule has 126 valence electrons. The molecule has 0 aromatic heterocycles. The Morgan fingerprint density at radius 3 is 2.17 bits per heavy atom. The largest absolute Gasteiger partial charge is 0.336 e. The van der Waals surface area contributed by atoms with Crippen LogP contribution in [0.25, 0.3) is 0 Å². The Labute approximate surface area is 148 Å². The van der Waals surface area contributed by atoms with E-state index in [1.807, 2.05) is 30.3 Å². The molecule has 1 saturated heterocycles. The molecule has 0 spiro atoms. The molecule has 0 radical (unpaired) electrons. The molecule has 2 aromatic carbocycles. The fourth-order valence-electron chi connectivity index (χ4n) is 3.19. The highest BCUT2D eigenvalue weighted by Gasteiger charge is 2.34. The molecule has 24 heavy (non-hydrogen) atoms. The number of benzene rings is 2. The van der Waals surface area contributed by atoms with Gasteiger partial charge in [0.15, 0.2) is 5.78 Å². The van der Waals surface area contributed by atoms with Crippen molar-refractivity contribution in [1.82, 2.24) is 4.90 Å². The van der Waals surface area contributed by atoms with E-state index in [2.05, 4.69) is 0 Å². The summed E-state index contributed by atoms with van der Waals surface area (Å²) >= 11 is 0. The van der Waals surface area contributed by atoms with Crippen LogP contribution in [-0.2, 0) is 0 Å². The van der Waals surface area contributed by atoms with E-state index < -0.39 is 0 Å². The number of likely N-dealkylation sites (tertiary alicyclic amines) is 1. The number of Topliss-reactive ketones (excluding diaryl/α,β-unsaturated/α-hetero) is 1. The lowest BCUT2D eigenvalue weighted by molar-refractivity contribution is 0.0783. The molecule has 0 saturated carbocycles. The molecule has 2 N–H and O–H groups in total. The Bertz CT molecular complexity index is 733. The maximum atomic E-state index is 12.8. The van der Waals surface area contributed by atoms with Crippen molar-refractivity contribution in [3.05, 3.63) is 71.3 Å². The zero-order valence-electron chi connectivity index (χ0n) is 13.5. The predicted molar refractivity (Wildman–Crippen MR) is 96.8 cm³/mol. The van der Waals surface area contributed by atoms with E-state index in [1.54, 1.807) is 29.2 Å². The molecule has 0 bridgehead atoms. The highest BCUT2D eigenvalue weighted by Crippen LogP contribution is 2.28. The molecule has 4 nitrogen and oxygen atoms in total. The first kappa shape index (κ1) is 18.2. The fourth-order valence-corrected chi connectivity index (χ4v) is 3.19. The van der Waals surface area contributed by atoms with Gasteiger partial charge < -0.3 is 10.6 Å². The van der Waals surface area contributed by atoms with Gasteiger partial charge in [-0.1, -0.05) is 48.5 Å². The summed E-state index contributed by atoms with van der Waals surface area (Å²) in [7, 11) is 0. The molecular weight excluding hydrogens is 324 g/mol. The molecule has 3 rings (SSSR count). The summed E-state index contributed by atoms with van der Waals surface area (Å²) in [6.07, 6.45) is 0. The topological polar surface area (TPSA) is 63.4 Å². The summed E-state index contributed by atoms with van der Waals surface area (Å²) in [6, 6.07) is 16.9. The van der Waals surface area contributed by atoms with E-state index in [0.717, 1.165) is 5.56 Å². The second-order valence-electron chi connectivity index (χ2n) is 5.99. The second kappa shape index (κ2) is 7.60. The summed E-state index contributed by atoms with van der Waals surface area (Å²) in [6.45, 7) is 2.56. The Morgan fingerprint density at radius 1 is 0.958 bits per heavy atom. The maximum Gasteiger partial charge on any atom is 0.254 e. The van der Waals surface area contributed by atoms with E-state index in [-0.39, 0.29) is 36.1 Å². The molecule has 1 fully saturated rings. The van der Waals surface area contributed by atoms with Crippen molar-refractivity contribution in [2.24, 2.45) is 5.73 Å². The Hall–Kier alpha value is -2.17. The number of hydrogen-bond acceptors (Lipinski definition) is 3. The molecule has 5 heteroatoms. The third-order valence-corrected chi connectivity index (χ3v) is 4.42. The number of rotatable bonds is 3. The van der Waals surface area contributed by atoms with Crippen LogP contribution in [0, 0.1) is 0 Å². The van der Waals surface area contributed by atoms with Crippen molar-refractivity contribution >= 4 is 24.1 Å². The Morgan fingerprint density at radius 2 is 1.54 bits per heavy atom. The van der Waals surface area contributed by atoms with Crippen LogP contribution in [0.2, 0.25) is 0 Å². The summed E-state index contributed by atoms with van der Waals surface area (Å²) in [4.78, 5) is 26.3. The zero-order valence-corrected chi connectivity index (χ0v) is 14.3. The van der Waals surface area contributed by atoms with Crippen LogP contribution < -0.4 is 5.73 Å². The van der Waals surface area contributed by atoms with Gasteiger partial charge in [0.25, 0.3) is 5.91 Å². The van der Waals surface area contributed by atoms with E-state index in [9.17, 15) is 9.59 Å². The molecule has 0 aliphatic carbocycles. The molecule has 2 atom stereocenters. The highest BCUT2D eigenvalue weighted by molar-refractivity contribution is 6.07. The smallest absolute Gasteiger partial charge is 0.254 e. The normalized spacial score (nSPS) is 19.7. The minimum absolute atomic E-state index is 0. The SMILES string of the molecule is CC(=O)c1ccccc1C(=O)N1C[C@@H](N)[C@H](c2ccccc2)C1.Cl. The maximum absolute atomic E-state index is 12.8. The van der Waals surface area contributed by atoms with Crippen LogP contribution in [0.1, 0.15) is 39.1 Å². The van der Waals surface area contributed by atoms with Gasteiger partial charge in [-0.3, -0.25) is 9.59 Å². The summed E-state index contributed by atoms with van der Waals surface area (Å²) in [5, 5.41) is 0. The number of carbonyl (C=O) groups excluding carboxylic acids is 2. The number of amides is 1. The van der Waals surface area contributed by atoms with E-state index in [1.165, 1.54) is 6.92 Å². The monoisotopic (exact) mass is 344 g/mol. The lowest BCUT2D eigenvalue weighted by Gasteiger charge is -2.18. The predicted octanol–water partition coefficient (Wildman–Crippen LogP) is 2.88. The van der Waals surface area contributed by atoms with Crippen molar-refractivity contribution < 1.29 is 9.59 Å². The first-order valence-electron chi connectivity index (χ1n) is 7.77. The third kappa shape index (κ3) is 3.50. The van der Waals surface area contributed by atoms with Gasteiger partial charge in [-0.05, 0) is 18.6 Å². The quantitative estimate of drug-likeness (QED) is 0.871. The van der Waals surface area contributed by atoms with Crippen molar-refractivity contribution in [2.75, 3.05) is 13.1 Å². The van der Waals surface area contributed by atoms with Gasteiger partial charge >= 0.3 is 0 Å². The number of nitrogens with zero attached hydrogens (tertiary/aromatic N) is 1. The van der Waals surface area contributed by atoms with Crippen molar-refractivity contribution in [1.29, 1.82) is 0 Å². The van der Waals surface area contributed by atoms with Gasteiger partial charge in [-0.25, -0.2) is 0 Å². The lowest BCUT2D eigenvalue weighted by atomic mass is 9.95. The number of carbonyl (C=O) groups is 2. The summed E-state index contributed by atoms with van der Waals surface area (Å²) < 4.78 is 0.